The number of hydrogen-bond acceptors (Lipinski definition) is 8. The summed E-state index contributed by atoms with van der Waals surface area (Å²) in [6, 6.07) is -0.819. The molecule has 1 heterocycles. The Hall–Kier alpha value is -2.11. The van der Waals surface area contributed by atoms with Gasteiger partial charge in [-0.1, -0.05) is 254 Å². The molecule has 0 saturated carbocycles. The molecule has 0 spiro atoms. The van der Waals surface area contributed by atoms with Crippen molar-refractivity contribution < 1.29 is 39.8 Å². The van der Waals surface area contributed by atoms with E-state index in [2.05, 4.69) is 67.8 Å². The van der Waals surface area contributed by atoms with Gasteiger partial charge in [-0.15, -0.1) is 0 Å². The van der Waals surface area contributed by atoms with Gasteiger partial charge in [0, 0.05) is 6.42 Å². The van der Waals surface area contributed by atoms with Gasteiger partial charge in [0.2, 0.25) is 5.91 Å². The molecule has 0 aromatic carbocycles. The minimum Gasteiger partial charge on any atom is -0.394 e. The number of nitrogens with one attached hydrogen (secondary N) is 1. The third-order valence-electron chi connectivity index (χ3n) is 13.8. The zero-order valence-electron chi connectivity index (χ0n) is 45.3. The molecule has 9 nitrogen and oxygen atoms in total. The second kappa shape index (κ2) is 50.4. The van der Waals surface area contributed by atoms with Crippen molar-refractivity contribution in [3.05, 3.63) is 60.8 Å². The van der Waals surface area contributed by atoms with Crippen molar-refractivity contribution in [1.29, 1.82) is 0 Å². The van der Waals surface area contributed by atoms with Crippen LogP contribution in [0.3, 0.4) is 0 Å². The van der Waals surface area contributed by atoms with Crippen LogP contribution in [0.5, 0.6) is 0 Å². The summed E-state index contributed by atoms with van der Waals surface area (Å²) < 4.78 is 11.2. The first-order chi connectivity index (χ1) is 34.3. The number of aliphatic hydroxyl groups is 5. The van der Waals surface area contributed by atoms with E-state index in [-0.39, 0.29) is 12.5 Å². The molecular weight excluding hydrogens is 875 g/mol. The van der Waals surface area contributed by atoms with E-state index in [1.807, 2.05) is 6.08 Å². The standard InChI is InChI=1S/C61H111NO8/c1-3-5-7-9-11-13-14-15-16-17-18-19-20-21-22-23-24-25-26-27-28-29-30-31-32-33-34-35-36-37-38-39-40-41-42-43-45-47-49-51-57(65)62-54(55(64)50-48-46-44-12-10-8-6-4-2)53-69-61-60(68)59(67)58(66)56(52-63)70-61/h10,12,14-15,17-18,20-21,48,50,54-56,58-61,63-64,66-68H,3-9,11,13,16,19,22-47,49,51-53H2,1-2H3,(H,62,65)/b12-10+,15-14-,18-17-,21-20-,50-48+. The zero-order valence-corrected chi connectivity index (χ0v) is 45.3. The SMILES string of the molecule is CCCC/C=C/CC/C=C/C(O)C(COC1OC(CO)C(O)C(O)C1O)NC(=O)CCCCCCCCCCCCCCCCCCCCCCCCCC/C=C\C/C=C\C/C=C\CCCCCCC. The fraction of sp³-hybridized carbons (Fsp3) is 0.820. The van der Waals surface area contributed by atoms with Crippen LogP contribution < -0.4 is 5.32 Å². The first-order valence-electron chi connectivity index (χ1n) is 29.5. The van der Waals surface area contributed by atoms with Crippen LogP contribution in [0.2, 0.25) is 0 Å². The van der Waals surface area contributed by atoms with Gasteiger partial charge in [0.1, 0.15) is 24.4 Å². The van der Waals surface area contributed by atoms with Crippen LogP contribution in [0.4, 0.5) is 0 Å². The smallest absolute Gasteiger partial charge is 0.220 e. The molecule has 0 bridgehead atoms. The van der Waals surface area contributed by atoms with Crippen LogP contribution in [0.1, 0.15) is 264 Å². The van der Waals surface area contributed by atoms with Gasteiger partial charge in [0.15, 0.2) is 6.29 Å². The van der Waals surface area contributed by atoms with Gasteiger partial charge in [0.25, 0.3) is 0 Å². The highest BCUT2D eigenvalue weighted by molar-refractivity contribution is 5.76. The van der Waals surface area contributed by atoms with Crippen LogP contribution in [0.25, 0.3) is 0 Å². The van der Waals surface area contributed by atoms with E-state index >= 15 is 0 Å². The normalized spacial score (nSPS) is 19.8. The lowest BCUT2D eigenvalue weighted by Gasteiger charge is -2.40. The molecule has 1 aliphatic rings. The van der Waals surface area contributed by atoms with Crippen molar-refractivity contribution in [3.8, 4) is 0 Å². The molecule has 1 amide bonds. The molecule has 9 heteroatoms. The van der Waals surface area contributed by atoms with Gasteiger partial charge in [0.05, 0.1) is 25.4 Å². The number of aliphatic hydroxyl groups excluding tert-OH is 5. The maximum atomic E-state index is 13.0. The first-order valence-corrected chi connectivity index (χ1v) is 29.5. The molecule has 1 fully saturated rings. The van der Waals surface area contributed by atoms with E-state index in [4.69, 9.17) is 9.47 Å². The second-order valence-electron chi connectivity index (χ2n) is 20.4. The fourth-order valence-electron chi connectivity index (χ4n) is 9.11. The molecule has 0 radical (unpaired) electrons. The quantitative estimate of drug-likeness (QED) is 0.0261. The third-order valence-corrected chi connectivity index (χ3v) is 13.8. The molecular formula is C61H111NO8. The highest BCUT2D eigenvalue weighted by Crippen LogP contribution is 2.23. The zero-order chi connectivity index (χ0) is 50.8. The van der Waals surface area contributed by atoms with Crippen molar-refractivity contribution in [3.63, 3.8) is 0 Å². The average molecular weight is 987 g/mol. The molecule has 0 aliphatic carbocycles. The number of ether oxygens (including phenoxy) is 2. The van der Waals surface area contributed by atoms with E-state index in [1.165, 1.54) is 186 Å². The highest BCUT2D eigenvalue weighted by atomic mass is 16.7. The Labute approximate surface area is 430 Å². The maximum Gasteiger partial charge on any atom is 0.220 e. The number of allylic oxidation sites excluding steroid dienone is 9. The Bertz CT molecular complexity index is 1280. The highest BCUT2D eigenvalue weighted by Gasteiger charge is 2.44. The van der Waals surface area contributed by atoms with E-state index < -0.39 is 49.5 Å². The van der Waals surface area contributed by atoms with Crippen molar-refractivity contribution in [2.24, 2.45) is 0 Å². The molecule has 1 saturated heterocycles. The van der Waals surface area contributed by atoms with E-state index in [0.717, 1.165) is 57.8 Å². The minimum absolute atomic E-state index is 0.188. The van der Waals surface area contributed by atoms with Crippen LogP contribution >= 0.6 is 0 Å². The largest absolute Gasteiger partial charge is 0.394 e. The Morgan fingerprint density at radius 1 is 0.486 bits per heavy atom. The Morgan fingerprint density at radius 3 is 1.34 bits per heavy atom. The lowest BCUT2D eigenvalue weighted by molar-refractivity contribution is -0.302. The lowest BCUT2D eigenvalue weighted by Crippen LogP contribution is -2.60. The van der Waals surface area contributed by atoms with Crippen LogP contribution in [-0.4, -0.2) is 87.5 Å². The second-order valence-corrected chi connectivity index (χ2v) is 20.4. The summed E-state index contributed by atoms with van der Waals surface area (Å²) in [7, 11) is 0. The van der Waals surface area contributed by atoms with Crippen LogP contribution in [-0.2, 0) is 14.3 Å². The average Bonchev–Trinajstić information content (AvgIpc) is 3.36. The molecule has 1 aliphatic heterocycles. The lowest BCUT2D eigenvalue weighted by atomic mass is 9.99. The van der Waals surface area contributed by atoms with Gasteiger partial charge < -0.3 is 40.3 Å². The summed E-state index contributed by atoms with van der Waals surface area (Å²) >= 11 is 0. The number of carbonyl (C=O) groups excluding carboxylic acids is 1. The van der Waals surface area contributed by atoms with Crippen molar-refractivity contribution in [1.82, 2.24) is 5.32 Å². The minimum atomic E-state index is -1.57. The van der Waals surface area contributed by atoms with Gasteiger partial charge >= 0.3 is 0 Å². The molecule has 6 N–H and O–H groups in total. The van der Waals surface area contributed by atoms with Crippen LogP contribution in [0.15, 0.2) is 60.8 Å². The number of amides is 1. The van der Waals surface area contributed by atoms with E-state index in [0.29, 0.717) is 6.42 Å². The summed E-state index contributed by atoms with van der Waals surface area (Å²) in [6.07, 6.45) is 62.1. The van der Waals surface area contributed by atoms with Crippen molar-refractivity contribution in [2.75, 3.05) is 13.2 Å². The van der Waals surface area contributed by atoms with Gasteiger partial charge in [-0.3, -0.25) is 4.79 Å². The predicted molar refractivity (Wildman–Crippen MR) is 295 cm³/mol. The van der Waals surface area contributed by atoms with E-state index in [9.17, 15) is 30.3 Å². The van der Waals surface area contributed by atoms with Crippen LogP contribution in [0, 0.1) is 0 Å². The van der Waals surface area contributed by atoms with Gasteiger partial charge in [-0.2, -0.15) is 0 Å². The topological polar surface area (TPSA) is 149 Å². The fourth-order valence-corrected chi connectivity index (χ4v) is 9.11. The predicted octanol–water partition coefficient (Wildman–Crippen LogP) is 14.7. The summed E-state index contributed by atoms with van der Waals surface area (Å²) in [5, 5.41) is 54.1. The molecule has 70 heavy (non-hydrogen) atoms. The molecule has 7 unspecified atom stereocenters. The van der Waals surface area contributed by atoms with Gasteiger partial charge in [-0.05, 0) is 64.2 Å². The van der Waals surface area contributed by atoms with E-state index in [1.54, 1.807) is 6.08 Å². The first kappa shape index (κ1) is 65.9. The Morgan fingerprint density at radius 2 is 0.871 bits per heavy atom. The maximum absolute atomic E-state index is 13.0. The number of unbranched alkanes of at least 4 members (excludes halogenated alkanes) is 32. The molecule has 1 rings (SSSR count). The Kier molecular flexibility index (Phi) is 47.5. The number of carbonyl (C=O) groups is 1. The third kappa shape index (κ3) is 39.4. The number of hydrogen-bond donors (Lipinski definition) is 6. The number of rotatable bonds is 50. The van der Waals surface area contributed by atoms with Crippen molar-refractivity contribution in [2.45, 2.75) is 307 Å². The molecule has 408 valence electrons. The summed E-state index contributed by atoms with van der Waals surface area (Å²) in [4.78, 5) is 13.0. The summed E-state index contributed by atoms with van der Waals surface area (Å²) in [5.74, 6) is -0.188. The Balaban J connectivity index is 1.99. The monoisotopic (exact) mass is 986 g/mol. The summed E-state index contributed by atoms with van der Waals surface area (Å²) in [5.41, 5.74) is 0. The summed E-state index contributed by atoms with van der Waals surface area (Å²) in [6.45, 7) is 3.67. The molecule has 0 aromatic rings. The molecule has 0 aromatic heterocycles. The van der Waals surface area contributed by atoms with Gasteiger partial charge in [-0.25, -0.2) is 0 Å². The molecule has 7 atom stereocenters. The van der Waals surface area contributed by atoms with Crippen molar-refractivity contribution >= 4 is 5.91 Å².